The van der Waals surface area contributed by atoms with Gasteiger partial charge in [-0.25, -0.2) is 47.7 Å². The van der Waals surface area contributed by atoms with E-state index in [1.807, 2.05) is 5.38 Å². The molecule has 0 radical (unpaired) electrons. The Morgan fingerprint density at radius 1 is 0.662 bits per heavy atom. The average molecular weight is 1090 g/mol. The summed E-state index contributed by atoms with van der Waals surface area (Å²) in [4.78, 5) is 66.4. The van der Waals surface area contributed by atoms with E-state index in [4.69, 9.17) is 40.9 Å². The van der Waals surface area contributed by atoms with E-state index in [9.17, 15) is 32.3 Å². The summed E-state index contributed by atoms with van der Waals surface area (Å²) in [7, 11) is 4.36. The fraction of sp³-hybridized carbons (Fsp3) is 0.250. The minimum absolute atomic E-state index is 0.00383. The van der Waals surface area contributed by atoms with E-state index < -0.39 is 52.0 Å². The lowest BCUT2D eigenvalue weighted by molar-refractivity contribution is 0.0623. The zero-order valence-electron chi connectivity index (χ0n) is 39.7. The summed E-state index contributed by atoms with van der Waals surface area (Å²) in [5.74, 6) is -1.19. The van der Waals surface area contributed by atoms with Crippen LogP contribution in [0.25, 0.3) is 5.13 Å². The van der Waals surface area contributed by atoms with Gasteiger partial charge in [-0.1, -0.05) is 0 Å². The molecule has 0 saturated carbocycles. The monoisotopic (exact) mass is 1090 g/mol. The first-order chi connectivity index (χ1) is 33.4. The number of hydrogen-bond acceptors (Lipinski definition) is 19. The van der Waals surface area contributed by atoms with Gasteiger partial charge in [0.1, 0.15) is 34.0 Å². The molecule has 71 heavy (non-hydrogen) atoms. The number of aromatic amines is 1. The Bertz CT molecular complexity index is 2850. The number of amides is 2. The Kier molecular flexibility index (Phi) is 24.5. The van der Waals surface area contributed by atoms with E-state index in [-0.39, 0.29) is 22.9 Å². The molecule has 9 N–H and O–H groups in total. The highest BCUT2D eigenvalue weighted by atomic mass is 79.9. The maximum Gasteiger partial charge on any atom is 0.412 e. The predicted molar refractivity (Wildman–Crippen MR) is 270 cm³/mol. The molecule has 7 aromatic heterocycles. The molecule has 0 unspecified atom stereocenters. The highest BCUT2D eigenvalue weighted by Crippen LogP contribution is 2.25. The summed E-state index contributed by atoms with van der Waals surface area (Å²) < 4.78 is 65.4. The fourth-order valence-corrected chi connectivity index (χ4v) is 5.84. The van der Waals surface area contributed by atoms with Crippen LogP contribution in [0.15, 0.2) is 110 Å². The van der Waals surface area contributed by atoms with Crippen molar-refractivity contribution in [2.24, 2.45) is 0 Å². The van der Waals surface area contributed by atoms with Crippen molar-refractivity contribution in [1.82, 2.24) is 34.5 Å². The van der Waals surface area contributed by atoms with Gasteiger partial charge in [0.15, 0.2) is 26.5 Å². The molecule has 0 saturated heterocycles. The zero-order chi connectivity index (χ0) is 53.3. The Morgan fingerprint density at radius 2 is 1.21 bits per heavy atom. The van der Waals surface area contributed by atoms with Gasteiger partial charge in [0, 0.05) is 54.1 Å². The number of halogens is 4. The van der Waals surface area contributed by atoms with Crippen molar-refractivity contribution < 1.29 is 46.4 Å². The molecule has 2 amide bonds. The van der Waals surface area contributed by atoms with Gasteiger partial charge >= 0.3 is 12.2 Å². The molecule has 0 aliphatic heterocycles. The molecule has 382 valence electrons. The highest BCUT2D eigenvalue weighted by Gasteiger charge is 2.20. The molecule has 0 aliphatic rings. The van der Waals surface area contributed by atoms with Crippen LogP contribution >= 0.6 is 38.6 Å². The number of H-pyrrole nitrogens is 1. The molecule has 7 rings (SSSR count). The maximum atomic E-state index is 13.4. The predicted octanol–water partition coefficient (Wildman–Crippen LogP) is 8.70. The van der Waals surface area contributed by atoms with Gasteiger partial charge in [-0.05, 0) is 99.9 Å². The normalized spacial score (nSPS) is 10.2. The molecule has 0 spiro atoms. The number of anilines is 5. The molecule has 0 atom stereocenters. The first-order valence-corrected chi connectivity index (χ1v) is 22.6. The summed E-state index contributed by atoms with van der Waals surface area (Å²) in [5, 5.41) is 8.95. The van der Waals surface area contributed by atoms with Crippen LogP contribution in [0.3, 0.4) is 0 Å². The second-order valence-electron chi connectivity index (χ2n) is 15.0. The van der Waals surface area contributed by atoms with Gasteiger partial charge in [-0.15, -0.1) is 22.7 Å². The molecule has 21 nitrogen and oxygen atoms in total. The van der Waals surface area contributed by atoms with Gasteiger partial charge in [0.05, 0.1) is 27.0 Å². The number of thiazole rings is 2. The number of ether oxygens (including phenoxy) is 5. The Hall–Kier alpha value is -7.78. The number of carbonyl (C=O) groups excluding carboxylic acids is 2. The number of aromatic nitrogens is 7. The lowest BCUT2D eigenvalue weighted by Crippen LogP contribution is -2.27. The average Bonchev–Trinajstić information content (AvgIpc) is 4.03. The van der Waals surface area contributed by atoms with Crippen molar-refractivity contribution in [3.05, 3.63) is 139 Å². The minimum atomic E-state index is -0.761. The van der Waals surface area contributed by atoms with E-state index in [0.717, 1.165) is 22.1 Å². The highest BCUT2D eigenvalue weighted by molar-refractivity contribution is 9.11. The number of carbonyl (C=O) groups is 2. The van der Waals surface area contributed by atoms with Crippen molar-refractivity contribution in [2.45, 2.75) is 52.7 Å². The lowest BCUT2D eigenvalue weighted by atomic mass is 10.2. The second kappa shape index (κ2) is 29.3. The third-order valence-corrected chi connectivity index (χ3v) is 9.42. The first kappa shape index (κ1) is 59.3. The first-order valence-electron chi connectivity index (χ1n) is 20.1. The zero-order valence-corrected chi connectivity index (χ0v) is 42.9. The van der Waals surface area contributed by atoms with Gasteiger partial charge in [-0.3, -0.25) is 24.8 Å². The number of nitrogens with zero attached hydrogens (tertiary/aromatic N) is 6. The number of rotatable bonds is 6. The summed E-state index contributed by atoms with van der Waals surface area (Å²) in [6, 6.07) is 10.2. The van der Waals surface area contributed by atoms with Crippen LogP contribution in [0.2, 0.25) is 0 Å². The molecule has 7 heterocycles. The molecular weight excluding hydrogens is 1040 g/mol. The standard InChI is InChI=1S/C11H15FN2O3.C11H16N2O3.C8H6FN3OS.C6H8N2O.C5H5FN2O.C3H2BrNS/c1-11(2,3)17-10(15)14-8-7(12)5-6-13-9(8)16-4;1-11(2,3)16-10(14)13-8-6-5-7-12-9(8)15-4;9-5-1-3-12(7(13)6(5)10)8-11-2-4-14-8;1-9-6-5(7)3-2-4-8-6;6-3-1-2-8-5(9)4(3)7;4-3-5-1-2-6-3/h5-6H,1-4H3,(H,14,15);5-7H,1-4H3,(H,13,14);1-4H,10H2;2-4H,7H2,1H3;1-2H,7H2,(H,8,9);1-2H. The summed E-state index contributed by atoms with van der Waals surface area (Å²) in [5.41, 5.74) is 13.5. The van der Waals surface area contributed by atoms with Crippen LogP contribution in [0.1, 0.15) is 41.5 Å². The van der Waals surface area contributed by atoms with E-state index in [2.05, 4.69) is 56.5 Å². The summed E-state index contributed by atoms with van der Waals surface area (Å²) in [6.45, 7) is 10.5. The SMILES string of the molecule is Brc1nccs1.COc1nccc(F)c1NC(=O)OC(C)(C)C.COc1ncccc1N.COc1ncccc1NC(=O)OC(C)(C)C.Nc1c(F)cc[nH]c1=O.Nc1c(F)ccn(-c2nccs2)c1=O. The Morgan fingerprint density at radius 3 is 1.69 bits per heavy atom. The second-order valence-corrected chi connectivity index (χ2v) is 18.1. The van der Waals surface area contributed by atoms with Crippen LogP contribution in [0, 0.1) is 17.5 Å². The number of nitrogens with two attached hydrogens (primary N) is 3. The topological polar surface area (TPSA) is 302 Å². The van der Waals surface area contributed by atoms with Crippen LogP contribution < -0.4 is 53.2 Å². The molecule has 27 heteroatoms. The van der Waals surface area contributed by atoms with Gasteiger partial charge in [0.2, 0.25) is 17.6 Å². The summed E-state index contributed by atoms with van der Waals surface area (Å²) in [6.07, 6.45) is 9.01. The third kappa shape index (κ3) is 22.0. The van der Waals surface area contributed by atoms with Crippen molar-refractivity contribution in [2.75, 3.05) is 49.2 Å². The number of methoxy groups -OCH3 is 3. The molecule has 0 fully saturated rings. The van der Waals surface area contributed by atoms with E-state index in [1.54, 1.807) is 114 Å². The van der Waals surface area contributed by atoms with E-state index in [1.165, 1.54) is 48.7 Å². The van der Waals surface area contributed by atoms with Gasteiger partial charge in [0.25, 0.3) is 11.1 Å². The fourth-order valence-electron chi connectivity index (χ4n) is 4.42. The third-order valence-electron chi connectivity index (χ3n) is 7.33. The maximum absolute atomic E-state index is 13.4. The van der Waals surface area contributed by atoms with Crippen LogP contribution in [0.4, 0.5) is 51.2 Å². The Balaban J connectivity index is 0.000000300. The van der Waals surface area contributed by atoms with Crippen LogP contribution in [-0.2, 0) is 9.47 Å². The smallest absolute Gasteiger partial charge is 0.412 e. The minimum Gasteiger partial charge on any atom is -0.480 e. The largest absolute Gasteiger partial charge is 0.480 e. The van der Waals surface area contributed by atoms with Crippen molar-refractivity contribution in [1.29, 1.82) is 0 Å². The number of nitrogens with one attached hydrogen (secondary N) is 3. The molecule has 0 aromatic carbocycles. The molecule has 7 aromatic rings. The van der Waals surface area contributed by atoms with Crippen LogP contribution in [-0.4, -0.2) is 79.2 Å². The summed E-state index contributed by atoms with van der Waals surface area (Å²) >= 11 is 6.05. The van der Waals surface area contributed by atoms with Crippen molar-refractivity contribution in [3.63, 3.8) is 0 Å². The van der Waals surface area contributed by atoms with Crippen LogP contribution in [0.5, 0.6) is 17.6 Å². The van der Waals surface area contributed by atoms with E-state index in [0.29, 0.717) is 28.3 Å². The van der Waals surface area contributed by atoms with Gasteiger partial charge in [-0.2, -0.15) is 0 Å². The van der Waals surface area contributed by atoms with Crippen molar-refractivity contribution >= 4 is 79.2 Å². The molecule has 0 bridgehead atoms. The number of pyridine rings is 5. The lowest BCUT2D eigenvalue weighted by Gasteiger charge is -2.20. The number of nitrogen functional groups attached to an aromatic ring is 3. The number of hydrogen-bond donors (Lipinski definition) is 6. The van der Waals surface area contributed by atoms with E-state index >= 15 is 0 Å². The Labute approximate surface area is 421 Å². The molecule has 0 aliphatic carbocycles. The van der Waals surface area contributed by atoms with Gasteiger partial charge < -0.3 is 45.9 Å². The quantitative estimate of drug-likeness (QED) is 0.0907. The van der Waals surface area contributed by atoms with Crippen molar-refractivity contribution in [3.8, 4) is 22.8 Å². The molecular formula is C44H52BrF3N12O9S2.